The summed E-state index contributed by atoms with van der Waals surface area (Å²) in [5, 5.41) is 3.77. The van der Waals surface area contributed by atoms with E-state index in [4.69, 9.17) is 34.0 Å². The Morgan fingerprint density at radius 3 is 2.19 bits per heavy atom. The molecule has 0 amide bonds. The molecule has 2 saturated heterocycles. The maximum Gasteiger partial charge on any atom is 0.304 e. The van der Waals surface area contributed by atoms with E-state index < -0.39 is 48.7 Å². The van der Waals surface area contributed by atoms with Crippen molar-refractivity contribution in [3.63, 3.8) is 0 Å². The van der Waals surface area contributed by atoms with Gasteiger partial charge in [-0.15, -0.1) is 0 Å². The average Bonchev–Trinajstić information content (AvgIpc) is 2.69. The minimum Gasteiger partial charge on any atom is -0.463 e. The van der Waals surface area contributed by atoms with Crippen LogP contribution in [0.2, 0.25) is 0 Å². The topological polar surface area (TPSA) is 138 Å². The van der Waals surface area contributed by atoms with E-state index in [0.29, 0.717) is 0 Å². The molecular weight excluding hydrogens is 410 g/mol. The molecule has 0 aromatic carbocycles. The molecule has 0 aromatic rings. The van der Waals surface area contributed by atoms with Crippen molar-refractivity contribution in [2.45, 2.75) is 84.6 Å². The normalized spacial score (nSPS) is 40.5. The van der Waals surface area contributed by atoms with Crippen LogP contribution in [-0.2, 0) is 38.0 Å². The molecule has 0 aliphatic carbocycles. The highest BCUT2D eigenvalue weighted by molar-refractivity contribution is 5.66. The van der Waals surface area contributed by atoms with Crippen LogP contribution < -0.4 is 0 Å². The second-order valence-electron chi connectivity index (χ2n) is 8.24. The van der Waals surface area contributed by atoms with E-state index >= 15 is 0 Å². The highest BCUT2D eigenvalue weighted by Gasteiger charge is 2.49. The molecule has 0 aromatic heterocycles. The summed E-state index contributed by atoms with van der Waals surface area (Å²) in [4.78, 5) is 25.8. The zero-order valence-electron chi connectivity index (χ0n) is 19.1. The fraction of sp³-hybridized carbons (Fsp3) is 0.900. The molecule has 2 aliphatic heterocycles. The van der Waals surface area contributed by atoms with E-state index in [1.165, 1.54) is 13.8 Å². The summed E-state index contributed by atoms with van der Waals surface area (Å²) in [7, 11) is 1.66. The van der Waals surface area contributed by atoms with Gasteiger partial charge in [0.05, 0.1) is 18.3 Å². The monoisotopic (exact) mass is 443 g/mol. The molecule has 176 valence electrons. The number of esters is 2. The van der Waals surface area contributed by atoms with Gasteiger partial charge in [-0.05, 0) is 18.4 Å². The molecule has 11 heteroatoms. The smallest absolute Gasteiger partial charge is 0.304 e. The molecular formula is C20H33N3O8. The molecule has 0 spiro atoms. The Morgan fingerprint density at radius 1 is 0.968 bits per heavy atom. The van der Waals surface area contributed by atoms with Gasteiger partial charge in [-0.2, -0.15) is 0 Å². The first-order valence-corrected chi connectivity index (χ1v) is 10.4. The summed E-state index contributed by atoms with van der Waals surface area (Å²) in [5.74, 6) is -1.43. The van der Waals surface area contributed by atoms with Gasteiger partial charge in [0, 0.05) is 37.7 Å². The second-order valence-corrected chi connectivity index (χ2v) is 8.24. The van der Waals surface area contributed by atoms with E-state index in [-0.39, 0.29) is 30.7 Å². The average molecular weight is 443 g/mol. The zero-order valence-corrected chi connectivity index (χ0v) is 19.1. The number of hydrogen-bond donors (Lipinski definition) is 0. The first kappa shape index (κ1) is 25.4. The SMILES string of the molecule is CO[C@H]1C(C)[C@H](O[C@@H]2C(COC(C)=O)O[C@@H](OC(C)=O)C(N=[N+]=[N-])[C@H]2C)OC(C)[C@H]1C. The molecule has 31 heavy (non-hydrogen) atoms. The lowest BCUT2D eigenvalue weighted by Gasteiger charge is -2.48. The summed E-state index contributed by atoms with van der Waals surface area (Å²) in [5.41, 5.74) is 9.02. The molecule has 11 nitrogen and oxygen atoms in total. The molecule has 2 fully saturated rings. The van der Waals surface area contributed by atoms with Crippen LogP contribution in [0.4, 0.5) is 0 Å². The van der Waals surface area contributed by atoms with Gasteiger partial charge in [0.1, 0.15) is 18.8 Å². The Balaban J connectivity index is 2.30. The van der Waals surface area contributed by atoms with Crippen molar-refractivity contribution in [2.75, 3.05) is 13.7 Å². The van der Waals surface area contributed by atoms with Crippen LogP contribution in [0.25, 0.3) is 10.4 Å². The van der Waals surface area contributed by atoms with Gasteiger partial charge in [-0.25, -0.2) is 0 Å². The lowest BCUT2D eigenvalue weighted by Crippen LogP contribution is -2.59. The Kier molecular flexibility index (Phi) is 9.08. The van der Waals surface area contributed by atoms with E-state index in [1.807, 2.05) is 13.8 Å². The van der Waals surface area contributed by atoms with Gasteiger partial charge >= 0.3 is 11.9 Å². The Bertz CT molecular complexity index is 685. The highest BCUT2D eigenvalue weighted by Crippen LogP contribution is 2.37. The lowest BCUT2D eigenvalue weighted by molar-refractivity contribution is -0.319. The number of nitrogens with zero attached hydrogens (tertiary/aromatic N) is 3. The quantitative estimate of drug-likeness (QED) is 0.253. The highest BCUT2D eigenvalue weighted by atomic mass is 16.7. The van der Waals surface area contributed by atoms with Gasteiger partial charge in [0.15, 0.2) is 6.29 Å². The van der Waals surface area contributed by atoms with Crippen molar-refractivity contribution < 1.29 is 38.0 Å². The number of hydrogen-bond acceptors (Lipinski definition) is 9. The maximum absolute atomic E-state index is 11.5. The molecule has 4 unspecified atom stereocenters. The third kappa shape index (κ3) is 6.08. The molecule has 2 aliphatic rings. The van der Waals surface area contributed by atoms with E-state index in [2.05, 4.69) is 16.9 Å². The van der Waals surface area contributed by atoms with Gasteiger partial charge in [-0.3, -0.25) is 9.59 Å². The number of carbonyl (C=O) groups is 2. The fourth-order valence-electron chi connectivity index (χ4n) is 4.24. The third-order valence-corrected chi connectivity index (χ3v) is 6.05. The Hall–Kier alpha value is -1.91. The lowest BCUT2D eigenvalue weighted by atomic mass is 9.85. The molecule has 0 N–H and O–H groups in total. The van der Waals surface area contributed by atoms with Crippen molar-refractivity contribution in [1.82, 2.24) is 0 Å². The predicted octanol–water partition coefficient (Wildman–Crippen LogP) is 2.57. The first-order valence-electron chi connectivity index (χ1n) is 10.4. The van der Waals surface area contributed by atoms with Gasteiger partial charge in [0.2, 0.25) is 6.29 Å². The van der Waals surface area contributed by atoms with Crippen LogP contribution in [0.5, 0.6) is 0 Å². The van der Waals surface area contributed by atoms with Crippen molar-refractivity contribution in [3.8, 4) is 0 Å². The third-order valence-electron chi connectivity index (χ3n) is 6.05. The van der Waals surface area contributed by atoms with Crippen LogP contribution in [-0.4, -0.2) is 68.7 Å². The van der Waals surface area contributed by atoms with Crippen LogP contribution in [0.1, 0.15) is 41.5 Å². The molecule has 0 bridgehead atoms. The van der Waals surface area contributed by atoms with Gasteiger partial charge in [0.25, 0.3) is 0 Å². The number of carbonyl (C=O) groups excluding carboxylic acids is 2. The van der Waals surface area contributed by atoms with Crippen LogP contribution in [0.15, 0.2) is 5.11 Å². The molecule has 2 rings (SSSR count). The van der Waals surface area contributed by atoms with Crippen LogP contribution in [0.3, 0.4) is 0 Å². The Labute approximate surface area is 182 Å². The number of ether oxygens (including phenoxy) is 6. The summed E-state index contributed by atoms with van der Waals surface area (Å²) in [6.45, 7) is 10.2. The molecule has 10 atom stereocenters. The largest absolute Gasteiger partial charge is 0.463 e. The molecule has 0 saturated carbocycles. The summed E-state index contributed by atoms with van der Waals surface area (Å²) in [6.07, 6.45) is -3.36. The zero-order chi connectivity index (χ0) is 23.3. The van der Waals surface area contributed by atoms with Crippen molar-refractivity contribution >= 4 is 11.9 Å². The Morgan fingerprint density at radius 2 is 1.65 bits per heavy atom. The van der Waals surface area contributed by atoms with E-state index in [1.54, 1.807) is 14.0 Å². The van der Waals surface area contributed by atoms with Gasteiger partial charge in [-0.1, -0.05) is 25.9 Å². The summed E-state index contributed by atoms with van der Waals surface area (Å²) < 4.78 is 34.4. The summed E-state index contributed by atoms with van der Waals surface area (Å²) >= 11 is 0. The fourth-order valence-corrected chi connectivity index (χ4v) is 4.24. The van der Waals surface area contributed by atoms with E-state index in [0.717, 1.165) is 0 Å². The number of rotatable bonds is 7. The molecule has 0 radical (unpaired) electrons. The standard InChI is InChI=1S/C20H33N3O8/c1-9-12(4)28-19(11(3)17(9)26-7)31-18-10(2)16(22-23-21)20(29-14(6)25)30-15(18)8-27-13(5)24/h9-12,15-20H,8H2,1-7H3/t9-,10-,11?,12?,15?,16?,17-,18+,19+,20-/m1/s1. The minimum atomic E-state index is -1.13. The second kappa shape index (κ2) is 11.1. The van der Waals surface area contributed by atoms with Crippen molar-refractivity contribution in [1.29, 1.82) is 0 Å². The summed E-state index contributed by atoms with van der Waals surface area (Å²) in [6, 6.07) is -0.832. The first-order chi connectivity index (χ1) is 14.6. The maximum atomic E-state index is 11.5. The van der Waals surface area contributed by atoms with E-state index in [9.17, 15) is 9.59 Å². The number of methoxy groups -OCH3 is 1. The van der Waals surface area contributed by atoms with Gasteiger partial charge < -0.3 is 28.4 Å². The predicted molar refractivity (Wildman–Crippen MR) is 107 cm³/mol. The minimum absolute atomic E-state index is 0.0813. The number of azide groups is 1. The van der Waals surface area contributed by atoms with Crippen molar-refractivity contribution in [3.05, 3.63) is 10.4 Å². The van der Waals surface area contributed by atoms with Crippen molar-refractivity contribution in [2.24, 2.45) is 22.9 Å². The van der Waals surface area contributed by atoms with Crippen LogP contribution in [0, 0.1) is 17.8 Å². The molecule has 2 heterocycles. The van der Waals surface area contributed by atoms with Crippen LogP contribution >= 0.6 is 0 Å².